The quantitative estimate of drug-likeness (QED) is 0.791. The maximum absolute atomic E-state index is 11.7. The highest BCUT2D eigenvalue weighted by atomic mass is 35.5. The highest BCUT2D eigenvalue weighted by Crippen LogP contribution is 2.27. The number of nitrogens with two attached hydrogens (primary N) is 1. The van der Waals surface area contributed by atoms with E-state index in [2.05, 4.69) is 15.0 Å². The third-order valence-corrected chi connectivity index (χ3v) is 4.57. The highest BCUT2D eigenvalue weighted by molar-refractivity contribution is 7.16. The second-order valence-corrected chi connectivity index (χ2v) is 6.31. The molecule has 0 bridgehead atoms. The van der Waals surface area contributed by atoms with Crippen molar-refractivity contribution < 1.29 is 4.79 Å². The van der Waals surface area contributed by atoms with E-state index in [0.29, 0.717) is 17.1 Å². The Morgan fingerprint density at radius 3 is 2.95 bits per heavy atom. The van der Waals surface area contributed by atoms with Crippen LogP contribution < -0.4 is 16.4 Å². The highest BCUT2D eigenvalue weighted by Gasteiger charge is 2.17. The summed E-state index contributed by atoms with van der Waals surface area (Å²) in [6.07, 6.45) is 0.836. The van der Waals surface area contributed by atoms with Gasteiger partial charge in [-0.3, -0.25) is 4.79 Å². The van der Waals surface area contributed by atoms with E-state index in [1.54, 1.807) is 18.4 Å². The van der Waals surface area contributed by atoms with Crippen molar-refractivity contribution in [2.45, 2.75) is 6.42 Å². The van der Waals surface area contributed by atoms with Gasteiger partial charge < -0.3 is 16.4 Å². The van der Waals surface area contributed by atoms with Crippen molar-refractivity contribution >= 4 is 51.2 Å². The summed E-state index contributed by atoms with van der Waals surface area (Å²) >= 11 is 8.61. The molecule has 5 nitrogen and oxygen atoms in total. The van der Waals surface area contributed by atoms with Crippen molar-refractivity contribution in [3.05, 3.63) is 26.9 Å². The summed E-state index contributed by atoms with van der Waals surface area (Å²) in [4.78, 5) is 12.9. The van der Waals surface area contributed by atoms with Gasteiger partial charge in [-0.1, -0.05) is 11.6 Å². The number of aromatic nitrogens is 1. The van der Waals surface area contributed by atoms with Crippen LogP contribution in [0.1, 0.15) is 15.2 Å². The van der Waals surface area contributed by atoms with E-state index in [1.165, 1.54) is 16.4 Å². The van der Waals surface area contributed by atoms with Gasteiger partial charge in [-0.2, -0.15) is 4.37 Å². The average molecular weight is 317 g/mol. The molecule has 2 aromatic heterocycles. The molecular formula is C11H13ClN4OS2. The Morgan fingerprint density at radius 2 is 2.32 bits per heavy atom. The van der Waals surface area contributed by atoms with Gasteiger partial charge in [0.1, 0.15) is 10.6 Å². The van der Waals surface area contributed by atoms with Crippen molar-refractivity contribution in [3.63, 3.8) is 0 Å². The van der Waals surface area contributed by atoms with Crippen LogP contribution in [0.3, 0.4) is 0 Å². The minimum absolute atomic E-state index is 0.229. The van der Waals surface area contributed by atoms with Crippen molar-refractivity contribution in [2.24, 2.45) is 0 Å². The van der Waals surface area contributed by atoms with Gasteiger partial charge in [0.05, 0.1) is 4.34 Å². The number of carbonyl (C=O) groups excluding carboxylic acids is 1. The number of hydrogen-bond donors (Lipinski definition) is 3. The van der Waals surface area contributed by atoms with Crippen LogP contribution >= 0.6 is 34.5 Å². The van der Waals surface area contributed by atoms with E-state index in [9.17, 15) is 4.79 Å². The Balaban J connectivity index is 1.98. The Bertz CT molecular complexity index is 581. The summed E-state index contributed by atoms with van der Waals surface area (Å²) in [5.41, 5.74) is 6.10. The first-order valence-electron chi connectivity index (χ1n) is 5.57. The molecule has 19 heavy (non-hydrogen) atoms. The summed E-state index contributed by atoms with van der Waals surface area (Å²) in [5, 5.41) is 6.43. The average Bonchev–Trinajstić information content (AvgIpc) is 2.96. The molecule has 0 saturated carbocycles. The SMILES string of the molecule is CNC(=O)c1c(N)nsc1NCCc1ccc(Cl)s1. The molecule has 2 rings (SSSR count). The molecule has 0 unspecified atom stereocenters. The number of nitrogens with zero attached hydrogens (tertiary/aromatic N) is 1. The number of halogens is 1. The summed E-state index contributed by atoms with van der Waals surface area (Å²) < 4.78 is 4.77. The molecule has 0 aliphatic rings. The van der Waals surface area contributed by atoms with Crippen molar-refractivity contribution in [1.29, 1.82) is 0 Å². The first-order valence-corrected chi connectivity index (χ1v) is 7.54. The Morgan fingerprint density at radius 1 is 1.53 bits per heavy atom. The van der Waals surface area contributed by atoms with Crippen LogP contribution in [0.5, 0.6) is 0 Å². The molecule has 1 amide bonds. The van der Waals surface area contributed by atoms with Gasteiger partial charge in [-0.05, 0) is 30.1 Å². The molecule has 0 radical (unpaired) electrons. The minimum Gasteiger partial charge on any atom is -0.382 e. The Kier molecular flexibility index (Phi) is 4.62. The van der Waals surface area contributed by atoms with Gasteiger partial charge in [0.2, 0.25) is 0 Å². The van der Waals surface area contributed by atoms with Crippen LogP contribution in [0.15, 0.2) is 12.1 Å². The molecule has 0 spiro atoms. The van der Waals surface area contributed by atoms with E-state index in [1.807, 2.05) is 12.1 Å². The monoisotopic (exact) mass is 316 g/mol. The molecule has 102 valence electrons. The minimum atomic E-state index is -0.229. The maximum atomic E-state index is 11.7. The number of amides is 1. The molecule has 4 N–H and O–H groups in total. The Hall–Kier alpha value is -1.31. The van der Waals surface area contributed by atoms with Gasteiger partial charge in [-0.25, -0.2) is 0 Å². The summed E-state index contributed by atoms with van der Waals surface area (Å²) in [6.45, 7) is 0.697. The Labute approximate surface area is 123 Å². The molecule has 2 heterocycles. The number of hydrogen-bond acceptors (Lipinski definition) is 6. The van der Waals surface area contributed by atoms with Gasteiger partial charge in [0.25, 0.3) is 5.91 Å². The normalized spacial score (nSPS) is 10.4. The lowest BCUT2D eigenvalue weighted by molar-refractivity contribution is 0.0965. The first-order chi connectivity index (χ1) is 9.11. The van der Waals surface area contributed by atoms with E-state index in [4.69, 9.17) is 17.3 Å². The third kappa shape index (κ3) is 3.37. The van der Waals surface area contributed by atoms with E-state index >= 15 is 0 Å². The predicted molar refractivity (Wildman–Crippen MR) is 81.4 cm³/mol. The number of nitrogen functional groups attached to an aromatic ring is 1. The van der Waals surface area contributed by atoms with Crippen molar-refractivity contribution in [3.8, 4) is 0 Å². The molecular weight excluding hydrogens is 304 g/mol. The van der Waals surface area contributed by atoms with Crippen molar-refractivity contribution in [2.75, 3.05) is 24.6 Å². The number of rotatable bonds is 5. The lowest BCUT2D eigenvalue weighted by Crippen LogP contribution is -2.20. The topological polar surface area (TPSA) is 80.0 Å². The van der Waals surface area contributed by atoms with Crippen LogP contribution in [0.25, 0.3) is 0 Å². The molecule has 0 aliphatic carbocycles. The van der Waals surface area contributed by atoms with Gasteiger partial charge in [0, 0.05) is 18.5 Å². The standard InChI is InChI=1S/C11H13ClN4OS2/c1-14-10(17)8-9(13)16-19-11(8)15-5-4-6-2-3-7(12)18-6/h2-3,15H,4-5H2,1H3,(H2,13,16)(H,14,17). The van der Waals surface area contributed by atoms with Gasteiger partial charge in [-0.15, -0.1) is 11.3 Å². The zero-order chi connectivity index (χ0) is 13.8. The van der Waals surface area contributed by atoms with E-state index < -0.39 is 0 Å². The first kappa shape index (κ1) is 14.1. The number of carbonyl (C=O) groups is 1. The van der Waals surface area contributed by atoms with Gasteiger partial charge >= 0.3 is 0 Å². The van der Waals surface area contributed by atoms with Crippen LogP contribution in [0, 0.1) is 0 Å². The second-order valence-electron chi connectivity index (χ2n) is 3.73. The third-order valence-electron chi connectivity index (χ3n) is 2.46. The molecule has 0 aromatic carbocycles. The smallest absolute Gasteiger partial charge is 0.257 e. The van der Waals surface area contributed by atoms with E-state index in [0.717, 1.165) is 10.8 Å². The fraction of sp³-hybridized carbons (Fsp3) is 0.273. The van der Waals surface area contributed by atoms with Crippen LogP contribution in [-0.4, -0.2) is 23.9 Å². The maximum Gasteiger partial charge on any atom is 0.257 e. The zero-order valence-electron chi connectivity index (χ0n) is 10.2. The number of thiophene rings is 1. The molecule has 0 saturated heterocycles. The fourth-order valence-corrected chi connectivity index (χ4v) is 3.38. The lowest BCUT2D eigenvalue weighted by atomic mass is 10.3. The molecule has 0 aliphatic heterocycles. The summed E-state index contributed by atoms with van der Waals surface area (Å²) in [6, 6.07) is 3.87. The molecule has 0 fully saturated rings. The van der Waals surface area contributed by atoms with Gasteiger partial charge in [0.15, 0.2) is 5.82 Å². The zero-order valence-corrected chi connectivity index (χ0v) is 12.6. The summed E-state index contributed by atoms with van der Waals surface area (Å²) in [5.74, 6) is 0.0268. The number of anilines is 2. The lowest BCUT2D eigenvalue weighted by Gasteiger charge is -2.05. The molecule has 8 heteroatoms. The number of nitrogens with one attached hydrogen (secondary N) is 2. The molecule has 0 atom stereocenters. The van der Waals surface area contributed by atoms with Crippen LogP contribution in [0.2, 0.25) is 4.34 Å². The van der Waals surface area contributed by atoms with Crippen molar-refractivity contribution in [1.82, 2.24) is 9.69 Å². The second kappa shape index (κ2) is 6.23. The largest absolute Gasteiger partial charge is 0.382 e. The molecule has 2 aromatic rings. The van der Waals surface area contributed by atoms with Crippen LogP contribution in [-0.2, 0) is 6.42 Å². The predicted octanol–water partition coefficient (Wildman–Crippen LogP) is 2.45. The fourth-order valence-electron chi connectivity index (χ4n) is 1.55. The summed E-state index contributed by atoms with van der Waals surface area (Å²) in [7, 11) is 1.57. The van der Waals surface area contributed by atoms with Crippen LogP contribution in [0.4, 0.5) is 10.8 Å². The van der Waals surface area contributed by atoms with E-state index in [-0.39, 0.29) is 11.7 Å².